The van der Waals surface area contributed by atoms with Gasteiger partial charge in [-0.25, -0.2) is 0 Å². The molecule has 2 saturated heterocycles. The third kappa shape index (κ3) is 3.41. The molecule has 3 aromatic rings. The monoisotopic (exact) mass is 502 g/mol. The first kappa shape index (κ1) is 22.1. The Morgan fingerprint density at radius 2 is 1.57 bits per heavy atom. The first-order valence-electron chi connectivity index (χ1n) is 11.4. The summed E-state index contributed by atoms with van der Waals surface area (Å²) in [7, 11) is 0. The molecule has 2 fully saturated rings. The van der Waals surface area contributed by atoms with Gasteiger partial charge in [0.25, 0.3) is 0 Å². The maximum atomic E-state index is 13.9. The van der Waals surface area contributed by atoms with Gasteiger partial charge in [-0.3, -0.25) is 19.3 Å². The predicted octanol–water partition coefficient (Wildman–Crippen LogP) is 5.39. The van der Waals surface area contributed by atoms with Crippen LogP contribution in [0.4, 0.5) is 0 Å². The number of carbonyl (C=O) groups excluding carboxylic acids is 3. The number of ketones is 1. The van der Waals surface area contributed by atoms with Crippen molar-refractivity contribution in [2.24, 2.45) is 11.8 Å². The fourth-order valence-electron chi connectivity index (χ4n) is 5.69. The minimum atomic E-state index is -0.856. The highest BCUT2D eigenvalue weighted by Crippen LogP contribution is 2.53. The number of nitrogens with zero attached hydrogens (tertiary/aromatic N) is 2. The first-order valence-corrected chi connectivity index (χ1v) is 12.1. The molecule has 0 aromatic heterocycles. The summed E-state index contributed by atoms with van der Waals surface area (Å²) >= 11 is 12.5. The summed E-state index contributed by atoms with van der Waals surface area (Å²) in [4.78, 5) is 44.7. The Bertz CT molecular complexity index is 1400. The molecule has 174 valence electrons. The van der Waals surface area contributed by atoms with Crippen LogP contribution >= 0.6 is 23.2 Å². The summed E-state index contributed by atoms with van der Waals surface area (Å²) in [5, 5.41) is 0.642. The van der Waals surface area contributed by atoms with Crippen LogP contribution in [0.1, 0.15) is 33.1 Å². The molecule has 0 bridgehead atoms. The van der Waals surface area contributed by atoms with Crippen LogP contribution in [0.15, 0.2) is 79.0 Å². The minimum Gasteiger partial charge on any atom is -0.358 e. The van der Waals surface area contributed by atoms with Crippen molar-refractivity contribution in [2.75, 3.05) is 0 Å². The van der Waals surface area contributed by atoms with Crippen LogP contribution in [-0.2, 0) is 16.1 Å². The second kappa shape index (κ2) is 8.36. The number of hydrogen-bond acceptors (Lipinski definition) is 4. The highest BCUT2D eigenvalue weighted by atomic mass is 35.5. The lowest BCUT2D eigenvalue weighted by Crippen LogP contribution is -2.44. The van der Waals surface area contributed by atoms with Gasteiger partial charge in [0.05, 0.1) is 29.4 Å². The van der Waals surface area contributed by atoms with E-state index in [0.717, 1.165) is 16.7 Å². The molecule has 3 aliphatic rings. The summed E-state index contributed by atoms with van der Waals surface area (Å²) in [5.74, 6) is -2.35. The van der Waals surface area contributed by atoms with Crippen LogP contribution in [0.2, 0.25) is 10.0 Å². The number of likely N-dealkylation sites (tertiary alicyclic amines) is 1. The normalized spacial score (nSPS) is 24.4. The summed E-state index contributed by atoms with van der Waals surface area (Å²) < 4.78 is 0. The van der Waals surface area contributed by atoms with E-state index >= 15 is 0 Å². The van der Waals surface area contributed by atoms with Gasteiger partial charge in [-0.2, -0.15) is 0 Å². The number of amides is 2. The topological polar surface area (TPSA) is 57.7 Å². The highest BCUT2D eigenvalue weighted by molar-refractivity contribution is 6.37. The quantitative estimate of drug-likeness (QED) is 0.354. The molecule has 7 heteroatoms. The van der Waals surface area contributed by atoms with Gasteiger partial charge in [0.15, 0.2) is 5.78 Å². The lowest BCUT2D eigenvalue weighted by molar-refractivity contribution is -0.142. The van der Waals surface area contributed by atoms with Crippen LogP contribution in [-0.4, -0.2) is 33.4 Å². The second-order valence-electron chi connectivity index (χ2n) is 9.07. The second-order valence-corrected chi connectivity index (χ2v) is 9.91. The molecule has 0 N–H and O–H groups in total. The van der Waals surface area contributed by atoms with E-state index in [1.165, 1.54) is 11.0 Å². The molecular formula is C28H20Cl2N2O3. The van der Waals surface area contributed by atoms with E-state index in [-0.39, 0.29) is 34.7 Å². The molecule has 4 atom stereocenters. The van der Waals surface area contributed by atoms with E-state index < -0.39 is 23.9 Å². The van der Waals surface area contributed by atoms with Gasteiger partial charge < -0.3 is 4.90 Å². The van der Waals surface area contributed by atoms with Crippen molar-refractivity contribution >= 4 is 46.9 Å². The van der Waals surface area contributed by atoms with E-state index in [0.29, 0.717) is 5.02 Å². The van der Waals surface area contributed by atoms with E-state index in [1.54, 1.807) is 12.1 Å². The number of carbonyl (C=O) groups is 3. The van der Waals surface area contributed by atoms with Crippen LogP contribution in [0.3, 0.4) is 0 Å². The van der Waals surface area contributed by atoms with Gasteiger partial charge in [0.1, 0.15) is 6.04 Å². The number of halogens is 2. The molecule has 2 amide bonds. The number of hydrogen-bond donors (Lipinski definition) is 0. The molecule has 5 nitrogen and oxygen atoms in total. The number of rotatable bonds is 4. The SMILES string of the molecule is O=C(c1ccc(Cl)cc1Cl)[C@@H]1[C@@H]2C(=O)N(Cc3ccccc3)C(=O)[C@@H]2[C@@H]2c3ccccc3C=CN12. The number of fused-ring (bicyclic) bond motifs is 5. The fraction of sp³-hybridized carbons (Fsp3) is 0.179. The van der Waals surface area contributed by atoms with Crippen LogP contribution in [0.5, 0.6) is 0 Å². The molecule has 35 heavy (non-hydrogen) atoms. The molecule has 3 aromatic carbocycles. The summed E-state index contributed by atoms with van der Waals surface area (Å²) in [6.45, 7) is 0.179. The first-order chi connectivity index (χ1) is 17.0. The van der Waals surface area contributed by atoms with E-state index in [9.17, 15) is 14.4 Å². The van der Waals surface area contributed by atoms with Gasteiger partial charge in [-0.1, -0.05) is 77.8 Å². The zero-order valence-electron chi connectivity index (χ0n) is 18.5. The summed E-state index contributed by atoms with van der Waals surface area (Å²) in [5.41, 5.74) is 3.06. The van der Waals surface area contributed by atoms with E-state index in [1.807, 2.05) is 71.8 Å². The number of benzene rings is 3. The fourth-order valence-corrected chi connectivity index (χ4v) is 6.19. The lowest BCUT2D eigenvalue weighted by Gasteiger charge is -2.35. The van der Waals surface area contributed by atoms with Gasteiger partial charge in [-0.15, -0.1) is 0 Å². The third-order valence-corrected chi connectivity index (χ3v) is 7.75. The maximum absolute atomic E-state index is 13.9. The average molecular weight is 503 g/mol. The molecule has 0 radical (unpaired) electrons. The Morgan fingerprint density at radius 1 is 0.857 bits per heavy atom. The van der Waals surface area contributed by atoms with Crippen molar-refractivity contribution in [3.8, 4) is 0 Å². The Kier molecular flexibility index (Phi) is 5.28. The Hall–Kier alpha value is -3.41. The molecule has 3 heterocycles. The molecule has 0 aliphatic carbocycles. The Morgan fingerprint density at radius 3 is 2.34 bits per heavy atom. The Labute approximate surface area is 212 Å². The van der Waals surface area contributed by atoms with E-state index in [2.05, 4.69) is 0 Å². The zero-order valence-corrected chi connectivity index (χ0v) is 20.0. The van der Waals surface area contributed by atoms with Gasteiger partial charge in [0.2, 0.25) is 11.8 Å². The van der Waals surface area contributed by atoms with Crippen LogP contribution in [0.25, 0.3) is 6.08 Å². The highest BCUT2D eigenvalue weighted by Gasteiger charge is 2.64. The average Bonchev–Trinajstić information content (AvgIpc) is 3.33. The molecule has 6 rings (SSSR count). The van der Waals surface area contributed by atoms with Crippen molar-refractivity contribution in [1.82, 2.24) is 9.80 Å². The molecule has 0 unspecified atom stereocenters. The summed E-state index contributed by atoms with van der Waals surface area (Å²) in [6.07, 6.45) is 3.76. The predicted molar refractivity (Wildman–Crippen MR) is 134 cm³/mol. The minimum absolute atomic E-state index is 0.179. The maximum Gasteiger partial charge on any atom is 0.236 e. The largest absolute Gasteiger partial charge is 0.358 e. The van der Waals surface area contributed by atoms with Crippen molar-refractivity contribution in [2.45, 2.75) is 18.6 Å². The number of Topliss-reactive ketones (excluding diaryl/α,β-unsaturated/α-hetero) is 1. The van der Waals surface area contributed by atoms with Crippen molar-refractivity contribution in [1.29, 1.82) is 0 Å². The van der Waals surface area contributed by atoms with Crippen molar-refractivity contribution in [3.05, 3.63) is 111 Å². The van der Waals surface area contributed by atoms with E-state index in [4.69, 9.17) is 23.2 Å². The van der Waals surface area contributed by atoms with Crippen LogP contribution < -0.4 is 0 Å². The standard InChI is InChI=1S/C28H20Cl2N2O3/c29-18-10-11-20(21(30)14-18)26(33)25-23-22(24-19-9-5-4-8-17(19)12-13-31(24)25)27(34)32(28(23)35)15-16-6-2-1-3-7-16/h1-14,22-25H,15H2/t22-,23+,24-,25-/m0/s1. The molecule has 0 spiro atoms. The smallest absolute Gasteiger partial charge is 0.236 e. The van der Waals surface area contributed by atoms with Gasteiger partial charge in [0, 0.05) is 16.8 Å². The third-order valence-electron chi connectivity index (χ3n) is 7.20. The molecule has 3 aliphatic heterocycles. The molecular weight excluding hydrogens is 483 g/mol. The van der Waals surface area contributed by atoms with Crippen LogP contribution in [0, 0.1) is 11.8 Å². The zero-order chi connectivity index (χ0) is 24.3. The van der Waals surface area contributed by atoms with Gasteiger partial charge >= 0.3 is 0 Å². The Balaban J connectivity index is 1.46. The lowest BCUT2D eigenvalue weighted by atomic mass is 9.83. The number of imide groups is 1. The summed E-state index contributed by atoms with van der Waals surface area (Å²) in [6, 6.07) is 20.6. The molecule has 0 saturated carbocycles. The van der Waals surface area contributed by atoms with Gasteiger partial charge in [-0.05, 0) is 41.0 Å². The van der Waals surface area contributed by atoms with Crippen molar-refractivity contribution in [3.63, 3.8) is 0 Å². The van der Waals surface area contributed by atoms with Crippen molar-refractivity contribution < 1.29 is 14.4 Å².